The molecule has 0 aliphatic carbocycles. The van der Waals surface area contributed by atoms with E-state index < -0.39 is 0 Å². The number of hydrogen-bond acceptors (Lipinski definition) is 5. The fourth-order valence-electron chi connectivity index (χ4n) is 3.90. The number of amides is 2. The van der Waals surface area contributed by atoms with Gasteiger partial charge in [-0.05, 0) is 79.6 Å². The van der Waals surface area contributed by atoms with E-state index in [-0.39, 0.29) is 12.0 Å². The number of rotatable bonds is 14. The number of ether oxygens (including phenoxy) is 2. The molecule has 0 aliphatic heterocycles. The lowest BCUT2D eigenvalue weighted by molar-refractivity contribution is -0.134. The van der Waals surface area contributed by atoms with Crippen LogP contribution in [0.1, 0.15) is 58.8 Å². The summed E-state index contributed by atoms with van der Waals surface area (Å²) in [6.45, 7) is 4.79. The highest BCUT2D eigenvalue weighted by molar-refractivity contribution is 7.99. The zero-order valence-corrected chi connectivity index (χ0v) is 23.4. The van der Waals surface area contributed by atoms with E-state index >= 15 is 0 Å². The topological polar surface area (TPSA) is 67.9 Å². The molecule has 202 valence electrons. The van der Waals surface area contributed by atoms with Crippen molar-refractivity contribution in [3.8, 4) is 11.5 Å². The van der Waals surface area contributed by atoms with E-state index in [1.807, 2.05) is 84.6 Å². The minimum atomic E-state index is -0.219. The van der Waals surface area contributed by atoms with Crippen LogP contribution in [0.25, 0.3) is 0 Å². The van der Waals surface area contributed by atoms with Crippen molar-refractivity contribution >= 4 is 35.1 Å². The van der Waals surface area contributed by atoms with Crippen molar-refractivity contribution in [2.75, 3.05) is 23.9 Å². The summed E-state index contributed by atoms with van der Waals surface area (Å²) in [5, 5.41) is 3.03. The van der Waals surface area contributed by atoms with Crippen molar-refractivity contribution in [3.05, 3.63) is 72.8 Å². The molecular weight excluding hydrogens is 496 g/mol. The van der Waals surface area contributed by atoms with Crippen LogP contribution in [0, 0.1) is 0 Å². The average molecular weight is 535 g/mol. The standard InChI is InChI=1S/C31H38N2O4S/c1-4-6-7-8-9-22-33(31(35)32-24-14-16-26(36-3)17-15-24)25-12-10-13-29(23-25)38-28-20-18-27(19-21-28)37-30(34)11-5-2/h10,12-21,23H,4-9,11,22H2,1-3H3,(H,32,35). The van der Waals surface area contributed by atoms with Crippen molar-refractivity contribution in [2.45, 2.75) is 68.6 Å². The highest BCUT2D eigenvalue weighted by atomic mass is 32.2. The first kappa shape index (κ1) is 29.1. The van der Waals surface area contributed by atoms with Gasteiger partial charge in [0.2, 0.25) is 0 Å². The normalized spacial score (nSPS) is 10.6. The van der Waals surface area contributed by atoms with Gasteiger partial charge in [-0.2, -0.15) is 0 Å². The Hall–Kier alpha value is -3.45. The zero-order valence-electron chi connectivity index (χ0n) is 22.6. The fraction of sp³-hybridized carbons (Fsp3) is 0.355. The molecule has 0 radical (unpaired) electrons. The Labute approximate surface area is 230 Å². The van der Waals surface area contributed by atoms with Gasteiger partial charge in [-0.15, -0.1) is 0 Å². The molecule has 0 spiro atoms. The summed E-state index contributed by atoms with van der Waals surface area (Å²) in [6.07, 6.45) is 6.75. The van der Waals surface area contributed by atoms with Gasteiger partial charge in [0.1, 0.15) is 11.5 Å². The maximum absolute atomic E-state index is 13.4. The summed E-state index contributed by atoms with van der Waals surface area (Å²) in [5.41, 5.74) is 1.57. The number of carbonyl (C=O) groups excluding carboxylic acids is 2. The molecule has 6 nitrogen and oxygen atoms in total. The van der Waals surface area contributed by atoms with E-state index in [1.54, 1.807) is 18.9 Å². The second kappa shape index (κ2) is 15.7. The third-order valence-electron chi connectivity index (χ3n) is 5.95. The quantitative estimate of drug-likeness (QED) is 0.127. The molecule has 3 rings (SSSR count). The van der Waals surface area contributed by atoms with Gasteiger partial charge < -0.3 is 14.8 Å². The van der Waals surface area contributed by atoms with Crippen LogP contribution in [0.2, 0.25) is 0 Å². The number of unbranched alkanes of at least 4 members (excludes halogenated alkanes) is 4. The molecule has 3 aromatic rings. The highest BCUT2D eigenvalue weighted by Crippen LogP contribution is 2.32. The molecule has 3 aromatic carbocycles. The second-order valence-corrected chi connectivity index (χ2v) is 10.2. The van der Waals surface area contributed by atoms with Crippen LogP contribution in [-0.4, -0.2) is 25.7 Å². The number of urea groups is 1. The molecular formula is C31H38N2O4S. The molecule has 38 heavy (non-hydrogen) atoms. The summed E-state index contributed by atoms with van der Waals surface area (Å²) in [4.78, 5) is 29.0. The molecule has 7 heteroatoms. The largest absolute Gasteiger partial charge is 0.497 e. The van der Waals surface area contributed by atoms with Gasteiger partial charge >= 0.3 is 12.0 Å². The van der Waals surface area contributed by atoms with Crippen molar-refractivity contribution in [1.29, 1.82) is 0 Å². The Bertz CT molecular complexity index is 1150. The Morgan fingerprint density at radius 3 is 2.21 bits per heavy atom. The molecule has 0 fully saturated rings. The summed E-state index contributed by atoms with van der Waals surface area (Å²) in [5.74, 6) is 1.07. The summed E-state index contributed by atoms with van der Waals surface area (Å²) in [7, 11) is 1.62. The first-order valence-electron chi connectivity index (χ1n) is 13.3. The van der Waals surface area contributed by atoms with Crippen LogP contribution in [0.15, 0.2) is 82.6 Å². The van der Waals surface area contributed by atoms with E-state index in [4.69, 9.17) is 9.47 Å². The summed E-state index contributed by atoms with van der Waals surface area (Å²) >= 11 is 1.60. The minimum Gasteiger partial charge on any atom is -0.497 e. The van der Waals surface area contributed by atoms with Crippen LogP contribution in [-0.2, 0) is 4.79 Å². The molecule has 0 saturated heterocycles. The number of nitrogens with one attached hydrogen (secondary N) is 1. The number of nitrogens with zero attached hydrogens (tertiary/aromatic N) is 1. The van der Waals surface area contributed by atoms with Crippen molar-refractivity contribution in [2.24, 2.45) is 0 Å². The fourth-order valence-corrected chi connectivity index (χ4v) is 4.77. The smallest absolute Gasteiger partial charge is 0.326 e. The van der Waals surface area contributed by atoms with Gasteiger partial charge in [0.25, 0.3) is 0 Å². The van der Waals surface area contributed by atoms with Crippen LogP contribution in [0.3, 0.4) is 0 Å². The number of hydrogen-bond donors (Lipinski definition) is 1. The number of esters is 1. The molecule has 0 bridgehead atoms. The van der Waals surface area contributed by atoms with E-state index in [0.29, 0.717) is 18.7 Å². The van der Waals surface area contributed by atoms with Crippen LogP contribution in [0.4, 0.5) is 16.2 Å². The Balaban J connectivity index is 1.71. The first-order valence-corrected chi connectivity index (χ1v) is 14.1. The van der Waals surface area contributed by atoms with Gasteiger partial charge in [0.05, 0.1) is 7.11 Å². The molecule has 0 heterocycles. The third kappa shape index (κ3) is 9.45. The number of anilines is 2. The average Bonchev–Trinajstić information content (AvgIpc) is 2.92. The molecule has 0 aromatic heterocycles. The monoisotopic (exact) mass is 534 g/mol. The predicted octanol–water partition coefficient (Wildman–Crippen LogP) is 8.56. The summed E-state index contributed by atoms with van der Waals surface area (Å²) < 4.78 is 10.6. The Morgan fingerprint density at radius 2 is 1.53 bits per heavy atom. The zero-order chi connectivity index (χ0) is 27.2. The van der Waals surface area contributed by atoms with E-state index in [2.05, 4.69) is 12.2 Å². The van der Waals surface area contributed by atoms with Gasteiger partial charge in [0.15, 0.2) is 0 Å². The van der Waals surface area contributed by atoms with E-state index in [9.17, 15) is 9.59 Å². The number of carbonyl (C=O) groups is 2. The van der Waals surface area contributed by atoms with Gasteiger partial charge in [-0.25, -0.2) is 4.79 Å². The molecule has 0 unspecified atom stereocenters. The van der Waals surface area contributed by atoms with Crippen molar-refractivity contribution in [1.82, 2.24) is 0 Å². The van der Waals surface area contributed by atoms with Crippen LogP contribution >= 0.6 is 11.8 Å². The molecule has 1 N–H and O–H groups in total. The summed E-state index contributed by atoms with van der Waals surface area (Å²) in [6, 6.07) is 22.7. The Kier molecular flexibility index (Phi) is 12.0. The van der Waals surface area contributed by atoms with E-state index in [0.717, 1.165) is 46.2 Å². The maximum Gasteiger partial charge on any atom is 0.326 e. The van der Waals surface area contributed by atoms with Crippen LogP contribution < -0.4 is 19.7 Å². The minimum absolute atomic E-state index is 0.161. The lowest BCUT2D eigenvalue weighted by Crippen LogP contribution is -2.35. The molecule has 0 aliphatic rings. The lowest BCUT2D eigenvalue weighted by Gasteiger charge is -2.24. The number of benzene rings is 3. The third-order valence-corrected chi connectivity index (χ3v) is 6.94. The lowest BCUT2D eigenvalue weighted by atomic mass is 10.1. The van der Waals surface area contributed by atoms with Crippen molar-refractivity contribution < 1.29 is 19.1 Å². The van der Waals surface area contributed by atoms with Crippen molar-refractivity contribution in [3.63, 3.8) is 0 Å². The highest BCUT2D eigenvalue weighted by Gasteiger charge is 2.17. The first-order chi connectivity index (χ1) is 18.5. The van der Waals surface area contributed by atoms with Gasteiger partial charge in [-0.3, -0.25) is 9.69 Å². The molecule has 0 saturated carbocycles. The van der Waals surface area contributed by atoms with Gasteiger partial charge in [-0.1, -0.05) is 57.4 Å². The van der Waals surface area contributed by atoms with E-state index in [1.165, 1.54) is 19.3 Å². The molecule has 2 amide bonds. The van der Waals surface area contributed by atoms with Crippen LogP contribution in [0.5, 0.6) is 11.5 Å². The Morgan fingerprint density at radius 1 is 0.816 bits per heavy atom. The predicted molar refractivity (Wildman–Crippen MR) is 156 cm³/mol. The van der Waals surface area contributed by atoms with Gasteiger partial charge in [0, 0.05) is 34.1 Å². The molecule has 0 atom stereocenters. The maximum atomic E-state index is 13.4. The number of methoxy groups -OCH3 is 1. The second-order valence-electron chi connectivity index (χ2n) is 9.02. The SMILES string of the molecule is CCCCCCCN(C(=O)Nc1ccc(OC)cc1)c1cccc(Sc2ccc(OC(=O)CCC)cc2)c1.